The molecule has 2 fully saturated rings. The molecule has 1 amide bonds. The molecule has 7 nitrogen and oxygen atoms in total. The van der Waals surface area contributed by atoms with Gasteiger partial charge < -0.3 is 15.1 Å². The summed E-state index contributed by atoms with van der Waals surface area (Å²) in [5.74, 6) is 0.0425. The minimum Gasteiger partial charge on any atom is -0.340 e. The van der Waals surface area contributed by atoms with Crippen LogP contribution >= 0.6 is 11.3 Å². The van der Waals surface area contributed by atoms with Crippen LogP contribution in [0.3, 0.4) is 0 Å². The lowest BCUT2D eigenvalue weighted by molar-refractivity contribution is -0.131. The van der Waals surface area contributed by atoms with Crippen LogP contribution in [0.15, 0.2) is 21.7 Å². The molecule has 3 rings (SSSR count). The number of carbonyl (C=O) groups excluding carboxylic acids is 1. The van der Waals surface area contributed by atoms with Gasteiger partial charge in [-0.1, -0.05) is 12.5 Å². The average Bonchev–Trinajstić information content (AvgIpc) is 3.25. The van der Waals surface area contributed by atoms with Crippen LogP contribution in [0.2, 0.25) is 0 Å². The molecule has 3 heterocycles. The largest absolute Gasteiger partial charge is 0.340 e. The Morgan fingerprint density at radius 1 is 1.11 bits per heavy atom. The van der Waals surface area contributed by atoms with Crippen LogP contribution in [0.5, 0.6) is 0 Å². The van der Waals surface area contributed by atoms with Crippen molar-refractivity contribution in [1.29, 1.82) is 0 Å². The second kappa shape index (κ2) is 9.97. The van der Waals surface area contributed by atoms with Gasteiger partial charge in [-0.25, -0.2) is 8.42 Å². The molecule has 0 aliphatic carbocycles. The van der Waals surface area contributed by atoms with Gasteiger partial charge in [0.25, 0.3) is 10.0 Å². The van der Waals surface area contributed by atoms with E-state index >= 15 is 0 Å². The Morgan fingerprint density at radius 2 is 1.85 bits per heavy atom. The van der Waals surface area contributed by atoms with Gasteiger partial charge in [-0.2, -0.15) is 4.31 Å². The summed E-state index contributed by atoms with van der Waals surface area (Å²) in [5.41, 5.74) is 0. The van der Waals surface area contributed by atoms with Crippen LogP contribution in [0, 0.1) is 0 Å². The van der Waals surface area contributed by atoms with Crippen molar-refractivity contribution in [2.75, 3.05) is 58.9 Å². The van der Waals surface area contributed by atoms with Crippen molar-refractivity contribution in [2.24, 2.45) is 0 Å². The van der Waals surface area contributed by atoms with Gasteiger partial charge >= 0.3 is 0 Å². The third-order valence-corrected chi connectivity index (χ3v) is 8.52. The van der Waals surface area contributed by atoms with Gasteiger partial charge in [-0.3, -0.25) is 4.79 Å². The number of nitrogens with zero attached hydrogens (tertiary/aromatic N) is 3. The Kier molecular flexibility index (Phi) is 7.66. The van der Waals surface area contributed by atoms with Crippen LogP contribution in [0.25, 0.3) is 0 Å². The Labute approximate surface area is 166 Å². The fourth-order valence-electron chi connectivity index (χ4n) is 3.62. The highest BCUT2D eigenvalue weighted by Gasteiger charge is 2.27. The minimum atomic E-state index is -3.54. The second-order valence-corrected chi connectivity index (χ2v) is 10.2. The van der Waals surface area contributed by atoms with Crippen LogP contribution in [0.4, 0.5) is 0 Å². The first-order valence-corrected chi connectivity index (χ1v) is 12.1. The van der Waals surface area contributed by atoms with Crippen molar-refractivity contribution in [2.45, 2.75) is 29.9 Å². The first-order valence-electron chi connectivity index (χ1n) is 9.82. The van der Waals surface area contributed by atoms with E-state index in [-0.39, 0.29) is 18.9 Å². The molecule has 1 aromatic rings. The maximum atomic E-state index is 13.0. The van der Waals surface area contributed by atoms with E-state index in [9.17, 15) is 13.2 Å². The molecule has 27 heavy (non-hydrogen) atoms. The van der Waals surface area contributed by atoms with Crippen LogP contribution < -0.4 is 5.32 Å². The Bertz CT molecular complexity index is 681. The number of likely N-dealkylation sites (tertiary alicyclic amines) is 1. The molecule has 9 heteroatoms. The fourth-order valence-corrected chi connectivity index (χ4v) is 6.19. The third kappa shape index (κ3) is 5.74. The highest BCUT2D eigenvalue weighted by Crippen LogP contribution is 2.21. The number of thiophene rings is 1. The van der Waals surface area contributed by atoms with Crippen molar-refractivity contribution in [1.82, 2.24) is 19.4 Å². The number of hydrogen-bond donors (Lipinski definition) is 1. The summed E-state index contributed by atoms with van der Waals surface area (Å²) < 4.78 is 27.9. The molecule has 2 aliphatic rings. The van der Waals surface area contributed by atoms with E-state index in [4.69, 9.17) is 0 Å². The summed E-state index contributed by atoms with van der Waals surface area (Å²) in [7, 11) is -3.54. The summed E-state index contributed by atoms with van der Waals surface area (Å²) >= 11 is 1.24. The standard InChI is InChI=1S/C18H30N4O3S2/c23-17(21-12-7-19-8-13-21)6-11-22(15-14-20-9-2-1-3-10-20)27(24,25)18-5-4-16-26-18/h4-5,16,19H,1-3,6-15H2. The summed E-state index contributed by atoms with van der Waals surface area (Å²) in [5, 5.41) is 5.01. The lowest BCUT2D eigenvalue weighted by Crippen LogP contribution is -2.47. The molecule has 0 saturated carbocycles. The molecule has 2 saturated heterocycles. The van der Waals surface area contributed by atoms with E-state index < -0.39 is 10.0 Å². The highest BCUT2D eigenvalue weighted by atomic mass is 32.2. The predicted octanol–water partition coefficient (Wildman–Crippen LogP) is 1.05. The SMILES string of the molecule is O=C(CCN(CCN1CCCCC1)S(=O)(=O)c1cccs1)N1CCNCC1. The number of amides is 1. The molecule has 0 aromatic carbocycles. The minimum absolute atomic E-state index is 0.0425. The van der Waals surface area contributed by atoms with Crippen molar-refractivity contribution >= 4 is 27.3 Å². The van der Waals surface area contributed by atoms with Crippen molar-refractivity contribution < 1.29 is 13.2 Å². The quantitative estimate of drug-likeness (QED) is 0.688. The van der Waals surface area contributed by atoms with Gasteiger partial charge in [0.1, 0.15) is 4.21 Å². The Hall–Kier alpha value is -1.00. The molecule has 152 valence electrons. The molecule has 0 bridgehead atoms. The fraction of sp³-hybridized carbons (Fsp3) is 0.722. The van der Waals surface area contributed by atoms with Gasteiger partial charge in [0.2, 0.25) is 5.91 Å². The maximum Gasteiger partial charge on any atom is 0.252 e. The van der Waals surface area contributed by atoms with Gasteiger partial charge in [-0.15, -0.1) is 11.3 Å². The van der Waals surface area contributed by atoms with E-state index in [0.717, 1.165) is 32.7 Å². The molecule has 1 N–H and O–H groups in total. The zero-order chi connectivity index (χ0) is 19.1. The van der Waals surface area contributed by atoms with Gasteiger partial charge in [0.15, 0.2) is 0 Å². The molecule has 0 radical (unpaired) electrons. The number of sulfonamides is 1. The third-order valence-electron chi connectivity index (χ3n) is 5.25. The molecule has 0 spiro atoms. The topological polar surface area (TPSA) is 73.0 Å². The van der Waals surface area contributed by atoms with Crippen LogP contribution in [-0.4, -0.2) is 87.3 Å². The molecular formula is C18H30N4O3S2. The molecular weight excluding hydrogens is 384 g/mol. The van der Waals surface area contributed by atoms with E-state index in [2.05, 4.69) is 10.2 Å². The number of carbonyl (C=O) groups is 1. The van der Waals surface area contributed by atoms with Gasteiger partial charge in [0, 0.05) is 52.2 Å². The summed E-state index contributed by atoms with van der Waals surface area (Å²) in [6.45, 7) is 6.49. The van der Waals surface area contributed by atoms with Gasteiger partial charge in [0.05, 0.1) is 0 Å². The highest BCUT2D eigenvalue weighted by molar-refractivity contribution is 7.91. The van der Waals surface area contributed by atoms with Crippen molar-refractivity contribution in [3.05, 3.63) is 17.5 Å². The number of piperidine rings is 1. The number of piperazine rings is 1. The molecule has 0 unspecified atom stereocenters. The summed E-state index contributed by atoms with van der Waals surface area (Å²) in [4.78, 5) is 16.7. The van der Waals surface area contributed by atoms with Crippen molar-refractivity contribution in [3.63, 3.8) is 0 Å². The normalized spacial score (nSPS) is 19.5. The van der Waals surface area contributed by atoms with E-state index in [1.807, 2.05) is 4.90 Å². The number of hydrogen-bond acceptors (Lipinski definition) is 6. The summed E-state index contributed by atoms with van der Waals surface area (Å²) in [6, 6.07) is 3.40. The van der Waals surface area contributed by atoms with E-state index in [1.54, 1.807) is 17.5 Å². The molecule has 0 atom stereocenters. The summed E-state index contributed by atoms with van der Waals surface area (Å²) in [6.07, 6.45) is 3.86. The number of nitrogens with one attached hydrogen (secondary N) is 1. The first kappa shape index (κ1) is 20.7. The maximum absolute atomic E-state index is 13.0. The monoisotopic (exact) mass is 414 g/mol. The second-order valence-electron chi connectivity index (χ2n) is 7.12. The predicted molar refractivity (Wildman–Crippen MR) is 107 cm³/mol. The Morgan fingerprint density at radius 3 is 2.52 bits per heavy atom. The Balaban J connectivity index is 1.62. The molecule has 1 aromatic heterocycles. The first-order chi connectivity index (χ1) is 13.1. The molecule has 2 aliphatic heterocycles. The number of rotatable bonds is 8. The smallest absolute Gasteiger partial charge is 0.252 e. The lowest BCUT2D eigenvalue weighted by Gasteiger charge is -2.30. The van der Waals surface area contributed by atoms with E-state index in [1.165, 1.54) is 34.9 Å². The average molecular weight is 415 g/mol. The zero-order valence-corrected chi connectivity index (χ0v) is 17.4. The van der Waals surface area contributed by atoms with Gasteiger partial charge in [-0.05, 0) is 37.4 Å². The van der Waals surface area contributed by atoms with Crippen molar-refractivity contribution in [3.8, 4) is 0 Å². The van der Waals surface area contributed by atoms with Crippen LogP contribution in [0.1, 0.15) is 25.7 Å². The zero-order valence-electron chi connectivity index (χ0n) is 15.8. The lowest BCUT2D eigenvalue weighted by atomic mass is 10.1. The van der Waals surface area contributed by atoms with Crippen LogP contribution in [-0.2, 0) is 14.8 Å². The van der Waals surface area contributed by atoms with E-state index in [0.29, 0.717) is 23.8 Å².